The normalized spacial score (nSPS) is 20.6. The highest BCUT2D eigenvalue weighted by Crippen LogP contribution is 2.23. The highest BCUT2D eigenvalue weighted by Gasteiger charge is 2.32. The van der Waals surface area contributed by atoms with Crippen LogP contribution in [0.15, 0.2) is 29.7 Å². The van der Waals surface area contributed by atoms with Crippen molar-refractivity contribution in [3.8, 4) is 0 Å². The SMILES string of the molecule is Cc1ccc(/C=C/S(=O)(=O)N2CCC(C(=O)N3CCOCC3)CC2)cc1. The smallest absolute Gasteiger partial charge is 0.236 e. The molecule has 0 N–H and O–H groups in total. The molecule has 6 nitrogen and oxygen atoms in total. The van der Waals surface area contributed by atoms with Gasteiger partial charge in [0, 0.05) is 37.5 Å². The number of morpholine rings is 1. The number of sulfonamides is 1. The molecule has 1 amide bonds. The van der Waals surface area contributed by atoms with E-state index in [0.717, 1.165) is 11.1 Å². The van der Waals surface area contributed by atoms with Crippen molar-refractivity contribution in [1.29, 1.82) is 0 Å². The third-order valence-electron chi connectivity index (χ3n) is 5.00. The Bertz CT molecular complexity index is 744. The van der Waals surface area contributed by atoms with Gasteiger partial charge in [0.15, 0.2) is 0 Å². The third kappa shape index (κ3) is 4.72. The minimum absolute atomic E-state index is 0.0828. The molecule has 0 saturated carbocycles. The second kappa shape index (κ2) is 8.33. The minimum atomic E-state index is -3.46. The van der Waals surface area contributed by atoms with E-state index < -0.39 is 10.0 Å². The lowest BCUT2D eigenvalue weighted by molar-refractivity contribution is -0.140. The summed E-state index contributed by atoms with van der Waals surface area (Å²) in [6.07, 6.45) is 2.78. The first kappa shape index (κ1) is 19.1. The first-order valence-electron chi connectivity index (χ1n) is 9.07. The zero-order valence-electron chi connectivity index (χ0n) is 15.1. The van der Waals surface area contributed by atoms with Gasteiger partial charge in [0.25, 0.3) is 0 Å². The summed E-state index contributed by atoms with van der Waals surface area (Å²) < 4.78 is 31.8. The number of nitrogens with zero attached hydrogens (tertiary/aromatic N) is 2. The molecule has 0 aliphatic carbocycles. The summed E-state index contributed by atoms with van der Waals surface area (Å²) >= 11 is 0. The van der Waals surface area contributed by atoms with Gasteiger partial charge >= 0.3 is 0 Å². The van der Waals surface area contributed by atoms with Gasteiger partial charge in [-0.25, -0.2) is 8.42 Å². The van der Waals surface area contributed by atoms with Crippen LogP contribution in [0.25, 0.3) is 6.08 Å². The molecule has 2 aliphatic rings. The van der Waals surface area contributed by atoms with Crippen molar-refractivity contribution in [3.05, 3.63) is 40.8 Å². The fraction of sp³-hybridized carbons (Fsp3) is 0.526. The van der Waals surface area contributed by atoms with Crippen LogP contribution in [-0.2, 0) is 19.6 Å². The van der Waals surface area contributed by atoms with E-state index in [1.54, 1.807) is 6.08 Å². The van der Waals surface area contributed by atoms with Crippen molar-refractivity contribution in [1.82, 2.24) is 9.21 Å². The van der Waals surface area contributed by atoms with Crippen LogP contribution in [0, 0.1) is 12.8 Å². The molecule has 1 aromatic carbocycles. The molecule has 7 heteroatoms. The molecule has 2 saturated heterocycles. The van der Waals surface area contributed by atoms with Gasteiger partial charge < -0.3 is 9.64 Å². The zero-order chi connectivity index (χ0) is 18.6. The Morgan fingerprint density at radius 2 is 1.69 bits per heavy atom. The van der Waals surface area contributed by atoms with Gasteiger partial charge in [-0.05, 0) is 31.4 Å². The van der Waals surface area contributed by atoms with Gasteiger partial charge in [-0.2, -0.15) is 4.31 Å². The maximum Gasteiger partial charge on any atom is 0.236 e. The number of piperidine rings is 1. The highest BCUT2D eigenvalue weighted by molar-refractivity contribution is 7.92. The van der Waals surface area contributed by atoms with Gasteiger partial charge in [-0.1, -0.05) is 29.8 Å². The lowest BCUT2D eigenvalue weighted by Gasteiger charge is -2.34. The average molecular weight is 378 g/mol. The summed E-state index contributed by atoms with van der Waals surface area (Å²) in [5.41, 5.74) is 1.99. The van der Waals surface area contributed by atoms with Crippen LogP contribution in [0.5, 0.6) is 0 Å². The molecule has 3 rings (SSSR count). The van der Waals surface area contributed by atoms with Crippen molar-refractivity contribution in [3.63, 3.8) is 0 Å². The Balaban J connectivity index is 1.56. The molecule has 1 aromatic rings. The van der Waals surface area contributed by atoms with Gasteiger partial charge in [0.2, 0.25) is 15.9 Å². The van der Waals surface area contributed by atoms with Gasteiger partial charge in [0.1, 0.15) is 0 Å². The van der Waals surface area contributed by atoms with E-state index in [1.165, 1.54) is 9.71 Å². The molecule has 0 radical (unpaired) electrons. The molecule has 2 heterocycles. The maximum atomic E-state index is 12.5. The number of rotatable bonds is 4. The largest absolute Gasteiger partial charge is 0.378 e. The summed E-state index contributed by atoms with van der Waals surface area (Å²) in [5, 5.41) is 1.27. The molecular formula is C19H26N2O4S. The average Bonchev–Trinajstić information content (AvgIpc) is 2.68. The summed E-state index contributed by atoms with van der Waals surface area (Å²) in [4.78, 5) is 14.4. The molecular weight excluding hydrogens is 352 g/mol. The van der Waals surface area contributed by atoms with Crippen molar-refractivity contribution in [2.75, 3.05) is 39.4 Å². The predicted molar refractivity (Wildman–Crippen MR) is 101 cm³/mol. The Kier molecular flexibility index (Phi) is 6.11. The molecule has 142 valence electrons. The third-order valence-corrected chi connectivity index (χ3v) is 6.56. The quantitative estimate of drug-likeness (QED) is 0.802. The van der Waals surface area contributed by atoms with E-state index >= 15 is 0 Å². The summed E-state index contributed by atoms with van der Waals surface area (Å²) in [5.74, 6) is 0.0566. The van der Waals surface area contributed by atoms with Crippen LogP contribution < -0.4 is 0 Å². The number of aryl methyl sites for hydroxylation is 1. The Labute approximate surface area is 155 Å². The highest BCUT2D eigenvalue weighted by atomic mass is 32.2. The lowest BCUT2D eigenvalue weighted by Crippen LogP contribution is -2.47. The molecule has 2 fully saturated rings. The monoisotopic (exact) mass is 378 g/mol. The molecule has 26 heavy (non-hydrogen) atoms. The number of amides is 1. The number of carbonyl (C=O) groups is 1. The van der Waals surface area contributed by atoms with Crippen LogP contribution in [0.1, 0.15) is 24.0 Å². The van der Waals surface area contributed by atoms with Crippen molar-refractivity contribution < 1.29 is 17.9 Å². The Hall–Kier alpha value is -1.70. The summed E-state index contributed by atoms with van der Waals surface area (Å²) in [7, 11) is -3.46. The summed E-state index contributed by atoms with van der Waals surface area (Å²) in [6, 6.07) is 7.70. The number of carbonyl (C=O) groups excluding carboxylic acids is 1. The Morgan fingerprint density at radius 1 is 1.08 bits per heavy atom. The van der Waals surface area contributed by atoms with E-state index in [1.807, 2.05) is 36.1 Å². The first-order chi connectivity index (χ1) is 12.5. The Morgan fingerprint density at radius 3 is 2.31 bits per heavy atom. The topological polar surface area (TPSA) is 66.9 Å². The van der Waals surface area contributed by atoms with E-state index in [0.29, 0.717) is 52.2 Å². The lowest BCUT2D eigenvalue weighted by atomic mass is 9.96. The second-order valence-corrected chi connectivity index (χ2v) is 8.69. The van der Waals surface area contributed by atoms with Gasteiger partial charge in [-0.15, -0.1) is 0 Å². The number of ether oxygens (including phenoxy) is 1. The van der Waals surface area contributed by atoms with E-state index in [9.17, 15) is 13.2 Å². The van der Waals surface area contributed by atoms with E-state index in [2.05, 4.69) is 0 Å². The molecule has 0 spiro atoms. The predicted octanol–water partition coefficient (Wildman–Crippen LogP) is 1.87. The number of hydrogen-bond acceptors (Lipinski definition) is 4. The maximum absolute atomic E-state index is 12.5. The minimum Gasteiger partial charge on any atom is -0.378 e. The fourth-order valence-electron chi connectivity index (χ4n) is 3.33. The first-order valence-corrected chi connectivity index (χ1v) is 10.6. The molecule has 0 bridgehead atoms. The van der Waals surface area contributed by atoms with Crippen LogP contribution in [0.2, 0.25) is 0 Å². The van der Waals surface area contributed by atoms with E-state index in [-0.39, 0.29) is 11.8 Å². The molecule has 2 aliphatic heterocycles. The van der Waals surface area contributed by atoms with Crippen LogP contribution >= 0.6 is 0 Å². The molecule has 0 unspecified atom stereocenters. The second-order valence-electron chi connectivity index (χ2n) is 6.87. The van der Waals surface area contributed by atoms with Crippen LogP contribution in [0.4, 0.5) is 0 Å². The van der Waals surface area contributed by atoms with Crippen LogP contribution in [0.3, 0.4) is 0 Å². The standard InChI is InChI=1S/C19H26N2O4S/c1-16-2-4-17(5-3-16)8-15-26(23,24)21-9-6-18(7-10-21)19(22)20-11-13-25-14-12-20/h2-5,8,15,18H,6-7,9-14H2,1H3/b15-8+. The van der Waals surface area contributed by atoms with Crippen molar-refractivity contribution >= 4 is 22.0 Å². The van der Waals surface area contributed by atoms with E-state index in [4.69, 9.17) is 4.74 Å². The zero-order valence-corrected chi connectivity index (χ0v) is 16.0. The summed E-state index contributed by atoms with van der Waals surface area (Å²) in [6.45, 7) is 5.22. The molecule has 0 aromatic heterocycles. The van der Waals surface area contributed by atoms with Crippen molar-refractivity contribution in [2.24, 2.45) is 5.92 Å². The number of hydrogen-bond donors (Lipinski definition) is 0. The molecule has 0 atom stereocenters. The van der Waals surface area contributed by atoms with Gasteiger partial charge in [0.05, 0.1) is 13.2 Å². The van der Waals surface area contributed by atoms with Gasteiger partial charge in [-0.3, -0.25) is 4.79 Å². The fourth-order valence-corrected chi connectivity index (χ4v) is 4.55. The van der Waals surface area contributed by atoms with Crippen molar-refractivity contribution in [2.45, 2.75) is 19.8 Å². The van der Waals surface area contributed by atoms with Crippen LogP contribution in [-0.4, -0.2) is 62.9 Å². The number of benzene rings is 1.